The maximum absolute atomic E-state index is 6.36. The van der Waals surface area contributed by atoms with Crippen LogP contribution in [0.25, 0.3) is 32.9 Å². The van der Waals surface area contributed by atoms with Crippen LogP contribution in [0.15, 0.2) is 60.7 Å². The lowest BCUT2D eigenvalue weighted by atomic mass is 9.91. The molecule has 4 rings (SSSR count). The first-order chi connectivity index (χ1) is 11.9. The molecule has 0 saturated heterocycles. The fourth-order valence-electron chi connectivity index (χ4n) is 3.11. The van der Waals surface area contributed by atoms with Gasteiger partial charge in [-0.15, -0.1) is 0 Å². The molecule has 0 spiro atoms. The summed E-state index contributed by atoms with van der Waals surface area (Å²) in [5.74, 6) is 0. The Balaban J connectivity index is 2.09. The van der Waals surface area contributed by atoms with Gasteiger partial charge in [-0.1, -0.05) is 80.9 Å². The van der Waals surface area contributed by atoms with Crippen LogP contribution >= 0.6 is 11.6 Å². The molecular weight excluding hydrogens is 328 g/mol. The molecule has 0 N–H and O–H groups in total. The van der Waals surface area contributed by atoms with Crippen molar-refractivity contribution in [2.45, 2.75) is 26.2 Å². The number of hydrogen-bond donors (Lipinski definition) is 0. The molecule has 0 bridgehead atoms. The largest absolute Gasteiger partial charge is 0.250 e. The van der Waals surface area contributed by atoms with E-state index in [1.165, 1.54) is 0 Å². The van der Waals surface area contributed by atoms with Gasteiger partial charge in [-0.2, -0.15) is 0 Å². The second kappa shape index (κ2) is 5.82. The number of nitrogens with zero attached hydrogens (tertiary/aromatic N) is 2. The normalized spacial score (nSPS) is 12.0. The van der Waals surface area contributed by atoms with E-state index in [2.05, 4.69) is 62.2 Å². The summed E-state index contributed by atoms with van der Waals surface area (Å²) in [6.07, 6.45) is 0. The fourth-order valence-corrected chi connectivity index (χ4v) is 3.31. The minimum Gasteiger partial charge on any atom is -0.250 e. The van der Waals surface area contributed by atoms with Crippen LogP contribution in [-0.2, 0) is 5.41 Å². The Hall–Kier alpha value is -2.45. The zero-order chi connectivity index (χ0) is 17.6. The SMILES string of the molecule is CC(C)(C)c1ccc2ccc3c(-c4ccccc4)cc(Cl)nc3c2n1. The Kier molecular flexibility index (Phi) is 3.73. The van der Waals surface area contributed by atoms with Crippen LogP contribution in [0.5, 0.6) is 0 Å². The van der Waals surface area contributed by atoms with E-state index in [-0.39, 0.29) is 5.41 Å². The Morgan fingerprint density at radius 1 is 0.800 bits per heavy atom. The van der Waals surface area contributed by atoms with Crippen LogP contribution < -0.4 is 0 Å². The molecule has 3 heteroatoms. The predicted octanol–water partition coefficient (Wildman–Crippen LogP) is 6.40. The van der Waals surface area contributed by atoms with Crippen molar-refractivity contribution in [1.82, 2.24) is 9.97 Å². The molecule has 0 atom stereocenters. The van der Waals surface area contributed by atoms with Gasteiger partial charge >= 0.3 is 0 Å². The van der Waals surface area contributed by atoms with Crippen LogP contribution in [0, 0.1) is 0 Å². The van der Waals surface area contributed by atoms with Crippen LogP contribution in [0.4, 0.5) is 0 Å². The van der Waals surface area contributed by atoms with Crippen molar-refractivity contribution < 1.29 is 0 Å². The number of pyridine rings is 2. The van der Waals surface area contributed by atoms with Gasteiger partial charge in [0, 0.05) is 21.9 Å². The molecule has 0 amide bonds. The monoisotopic (exact) mass is 346 g/mol. The molecule has 25 heavy (non-hydrogen) atoms. The van der Waals surface area contributed by atoms with Crippen LogP contribution in [0.3, 0.4) is 0 Å². The van der Waals surface area contributed by atoms with Gasteiger partial charge in [0.15, 0.2) is 0 Å². The lowest BCUT2D eigenvalue weighted by Gasteiger charge is -2.18. The minimum absolute atomic E-state index is 0.0167. The number of hydrogen-bond acceptors (Lipinski definition) is 2. The van der Waals surface area contributed by atoms with Gasteiger partial charge in [-0.3, -0.25) is 0 Å². The van der Waals surface area contributed by atoms with Gasteiger partial charge < -0.3 is 0 Å². The van der Waals surface area contributed by atoms with Gasteiger partial charge in [0.25, 0.3) is 0 Å². The molecule has 2 aromatic carbocycles. The first-order valence-electron chi connectivity index (χ1n) is 8.39. The molecule has 0 unspecified atom stereocenters. The third-order valence-electron chi connectivity index (χ3n) is 4.46. The standard InChI is InChI=1S/C22H19ClN2/c1-22(2,3)18-12-10-15-9-11-16-17(14-7-5-4-6-8-14)13-19(23)25-21(16)20(15)24-18/h4-13H,1-3H3. The summed E-state index contributed by atoms with van der Waals surface area (Å²) < 4.78 is 0. The lowest BCUT2D eigenvalue weighted by molar-refractivity contribution is 0.571. The van der Waals surface area contributed by atoms with E-state index in [0.717, 1.165) is 38.6 Å². The average molecular weight is 347 g/mol. The van der Waals surface area contributed by atoms with E-state index in [1.807, 2.05) is 24.3 Å². The van der Waals surface area contributed by atoms with Gasteiger partial charge in [0.05, 0.1) is 11.0 Å². The van der Waals surface area contributed by atoms with Crippen LogP contribution in [-0.4, -0.2) is 9.97 Å². The molecular formula is C22H19ClN2. The predicted molar refractivity (Wildman–Crippen MR) is 106 cm³/mol. The van der Waals surface area contributed by atoms with Crippen LogP contribution in [0.1, 0.15) is 26.5 Å². The topological polar surface area (TPSA) is 25.8 Å². The van der Waals surface area contributed by atoms with Crippen molar-refractivity contribution in [1.29, 1.82) is 0 Å². The lowest BCUT2D eigenvalue weighted by Crippen LogP contribution is -2.13. The summed E-state index contributed by atoms with van der Waals surface area (Å²) in [6, 6.07) is 20.6. The summed E-state index contributed by atoms with van der Waals surface area (Å²) in [4.78, 5) is 9.55. The smallest absolute Gasteiger partial charge is 0.130 e. The summed E-state index contributed by atoms with van der Waals surface area (Å²) in [5, 5.41) is 2.64. The molecule has 0 aliphatic rings. The number of halogens is 1. The van der Waals surface area contributed by atoms with E-state index in [4.69, 9.17) is 16.6 Å². The third-order valence-corrected chi connectivity index (χ3v) is 4.65. The molecule has 4 aromatic rings. The van der Waals surface area contributed by atoms with E-state index in [9.17, 15) is 0 Å². The molecule has 0 aliphatic carbocycles. The second-order valence-corrected chi connectivity index (χ2v) is 7.73. The highest BCUT2D eigenvalue weighted by Gasteiger charge is 2.17. The molecule has 2 heterocycles. The van der Waals surface area contributed by atoms with Gasteiger partial charge in [0.1, 0.15) is 5.15 Å². The molecule has 0 radical (unpaired) electrons. The minimum atomic E-state index is -0.0167. The van der Waals surface area contributed by atoms with Crippen molar-refractivity contribution in [3.8, 4) is 11.1 Å². The summed E-state index contributed by atoms with van der Waals surface area (Å²) in [6.45, 7) is 6.51. The highest BCUT2D eigenvalue weighted by atomic mass is 35.5. The quantitative estimate of drug-likeness (QED) is 0.294. The summed E-state index contributed by atoms with van der Waals surface area (Å²) in [7, 11) is 0. The van der Waals surface area contributed by atoms with E-state index < -0.39 is 0 Å². The highest BCUT2D eigenvalue weighted by molar-refractivity contribution is 6.30. The van der Waals surface area contributed by atoms with Gasteiger partial charge in [-0.25, -0.2) is 9.97 Å². The van der Waals surface area contributed by atoms with Crippen molar-refractivity contribution in [2.75, 3.05) is 0 Å². The third kappa shape index (κ3) is 2.87. The average Bonchev–Trinajstić information content (AvgIpc) is 2.60. The molecule has 2 nitrogen and oxygen atoms in total. The van der Waals surface area contributed by atoms with E-state index >= 15 is 0 Å². The molecule has 2 aromatic heterocycles. The van der Waals surface area contributed by atoms with Crippen molar-refractivity contribution in [2.24, 2.45) is 0 Å². The molecule has 124 valence electrons. The Morgan fingerprint density at radius 2 is 1.52 bits per heavy atom. The van der Waals surface area contributed by atoms with Crippen molar-refractivity contribution in [3.05, 3.63) is 71.5 Å². The molecule has 0 saturated carbocycles. The van der Waals surface area contributed by atoms with Crippen molar-refractivity contribution in [3.63, 3.8) is 0 Å². The molecule has 0 fully saturated rings. The highest BCUT2D eigenvalue weighted by Crippen LogP contribution is 2.34. The maximum Gasteiger partial charge on any atom is 0.130 e. The Labute approximate surface area is 152 Å². The first kappa shape index (κ1) is 16.0. The first-order valence-corrected chi connectivity index (χ1v) is 8.77. The summed E-state index contributed by atoms with van der Waals surface area (Å²) in [5.41, 5.74) is 5.01. The Morgan fingerprint density at radius 3 is 2.24 bits per heavy atom. The molecule has 0 aliphatic heterocycles. The fraction of sp³-hybridized carbons (Fsp3) is 0.182. The Bertz CT molecular complexity index is 1080. The van der Waals surface area contributed by atoms with Gasteiger partial charge in [0.2, 0.25) is 0 Å². The maximum atomic E-state index is 6.36. The van der Waals surface area contributed by atoms with Crippen LogP contribution in [0.2, 0.25) is 5.15 Å². The number of benzene rings is 2. The number of aromatic nitrogens is 2. The van der Waals surface area contributed by atoms with E-state index in [1.54, 1.807) is 0 Å². The zero-order valence-electron chi connectivity index (χ0n) is 14.5. The number of rotatable bonds is 1. The summed E-state index contributed by atoms with van der Waals surface area (Å²) >= 11 is 6.36. The van der Waals surface area contributed by atoms with Crippen molar-refractivity contribution >= 4 is 33.4 Å². The van der Waals surface area contributed by atoms with E-state index in [0.29, 0.717) is 5.15 Å². The second-order valence-electron chi connectivity index (χ2n) is 7.34. The van der Waals surface area contributed by atoms with Gasteiger partial charge in [-0.05, 0) is 23.3 Å². The number of fused-ring (bicyclic) bond motifs is 3. The zero-order valence-corrected chi connectivity index (χ0v) is 15.3.